The minimum absolute atomic E-state index is 0.0752. The van der Waals surface area contributed by atoms with E-state index in [0.717, 1.165) is 31.0 Å². The Hall–Kier alpha value is -2.34. The van der Waals surface area contributed by atoms with Crippen molar-refractivity contribution in [1.29, 1.82) is 0 Å². The maximum atomic E-state index is 13.0. The molecule has 3 nitrogen and oxygen atoms in total. The van der Waals surface area contributed by atoms with Crippen molar-refractivity contribution in [3.63, 3.8) is 0 Å². The summed E-state index contributed by atoms with van der Waals surface area (Å²) in [6.45, 7) is 0.833. The number of halogens is 3. The summed E-state index contributed by atoms with van der Waals surface area (Å²) >= 11 is 0. The van der Waals surface area contributed by atoms with Gasteiger partial charge in [-0.3, -0.25) is 9.69 Å². The van der Waals surface area contributed by atoms with E-state index in [1.54, 1.807) is 0 Å². The lowest BCUT2D eigenvalue weighted by atomic mass is 10.0. The van der Waals surface area contributed by atoms with Crippen LogP contribution in [0.4, 0.5) is 18.9 Å². The number of carbonyl (C=O) groups excluding carboxylic acids is 1. The SMILES string of the molecule is O=C(CN1CCCC1c1ccccc1)Nc1ccccc1C(F)(F)F. The molecule has 6 heteroatoms. The summed E-state index contributed by atoms with van der Waals surface area (Å²) < 4.78 is 39.1. The van der Waals surface area contributed by atoms with Gasteiger partial charge in [0.05, 0.1) is 17.8 Å². The molecule has 0 aliphatic carbocycles. The second-order valence-electron chi connectivity index (χ2n) is 6.13. The van der Waals surface area contributed by atoms with Crippen LogP contribution in [0.5, 0.6) is 0 Å². The number of hydrogen-bond acceptors (Lipinski definition) is 2. The van der Waals surface area contributed by atoms with E-state index in [1.807, 2.05) is 35.2 Å². The molecule has 2 aromatic rings. The summed E-state index contributed by atoms with van der Waals surface area (Å²) in [5.74, 6) is -0.431. The summed E-state index contributed by atoms with van der Waals surface area (Å²) in [5.41, 5.74) is 0.100. The maximum Gasteiger partial charge on any atom is 0.418 e. The number of nitrogens with one attached hydrogen (secondary N) is 1. The van der Waals surface area contributed by atoms with Gasteiger partial charge < -0.3 is 5.32 Å². The van der Waals surface area contributed by atoms with Crippen molar-refractivity contribution in [3.05, 3.63) is 65.7 Å². The van der Waals surface area contributed by atoms with Crippen LogP contribution < -0.4 is 5.32 Å². The minimum Gasteiger partial charge on any atom is -0.324 e. The average Bonchev–Trinajstić information content (AvgIpc) is 3.03. The number of rotatable bonds is 4. The number of likely N-dealkylation sites (tertiary alicyclic amines) is 1. The molecule has 1 atom stereocenters. The van der Waals surface area contributed by atoms with Crippen LogP contribution in [0.2, 0.25) is 0 Å². The smallest absolute Gasteiger partial charge is 0.324 e. The highest BCUT2D eigenvalue weighted by atomic mass is 19.4. The van der Waals surface area contributed by atoms with Gasteiger partial charge in [-0.1, -0.05) is 42.5 Å². The molecule has 0 saturated carbocycles. The molecule has 1 aliphatic heterocycles. The predicted molar refractivity (Wildman–Crippen MR) is 90.1 cm³/mol. The summed E-state index contributed by atoms with van der Waals surface area (Å²) in [7, 11) is 0. The number of carbonyl (C=O) groups is 1. The standard InChI is InChI=1S/C19H19F3N2O/c20-19(21,22)15-9-4-5-10-16(15)23-18(25)13-24-12-6-11-17(24)14-7-2-1-3-8-14/h1-5,7-10,17H,6,11-13H2,(H,23,25). The fourth-order valence-electron chi connectivity index (χ4n) is 3.28. The van der Waals surface area contributed by atoms with Gasteiger partial charge in [0, 0.05) is 6.04 Å². The fourth-order valence-corrected chi connectivity index (χ4v) is 3.28. The zero-order valence-electron chi connectivity index (χ0n) is 13.6. The Balaban J connectivity index is 1.69. The Labute approximate surface area is 144 Å². The van der Waals surface area contributed by atoms with Crippen LogP contribution in [0.15, 0.2) is 54.6 Å². The highest BCUT2D eigenvalue weighted by molar-refractivity contribution is 5.93. The minimum atomic E-state index is -4.50. The molecular weight excluding hydrogens is 329 g/mol. The van der Waals surface area contributed by atoms with E-state index in [0.29, 0.717) is 0 Å². The first kappa shape index (κ1) is 17.5. The molecule has 132 valence electrons. The predicted octanol–water partition coefficient (Wildman–Crippen LogP) is 4.48. The molecule has 1 saturated heterocycles. The number of para-hydroxylation sites is 1. The Kier molecular flexibility index (Phi) is 5.08. The van der Waals surface area contributed by atoms with Crippen molar-refractivity contribution in [1.82, 2.24) is 4.90 Å². The summed E-state index contributed by atoms with van der Waals surface area (Å²) in [6.07, 6.45) is -2.59. The largest absolute Gasteiger partial charge is 0.418 e. The van der Waals surface area contributed by atoms with Crippen molar-refractivity contribution in [2.45, 2.75) is 25.1 Å². The van der Waals surface area contributed by atoms with E-state index < -0.39 is 17.6 Å². The molecule has 0 aromatic heterocycles. The summed E-state index contributed by atoms with van der Waals surface area (Å²) in [5, 5.41) is 2.42. The van der Waals surface area contributed by atoms with Gasteiger partial charge in [0.15, 0.2) is 0 Å². The summed E-state index contributed by atoms with van der Waals surface area (Å²) in [4.78, 5) is 14.3. The number of anilines is 1. The van der Waals surface area contributed by atoms with Crippen molar-refractivity contribution >= 4 is 11.6 Å². The third kappa shape index (κ3) is 4.20. The molecule has 2 aromatic carbocycles. The van der Waals surface area contributed by atoms with Gasteiger partial charge in [-0.15, -0.1) is 0 Å². The van der Waals surface area contributed by atoms with Crippen LogP contribution in [-0.4, -0.2) is 23.9 Å². The molecule has 1 fully saturated rings. The van der Waals surface area contributed by atoms with Crippen LogP contribution in [0, 0.1) is 0 Å². The Bertz CT molecular complexity index is 731. The van der Waals surface area contributed by atoms with Gasteiger partial charge >= 0.3 is 6.18 Å². The van der Waals surface area contributed by atoms with Crippen LogP contribution in [0.3, 0.4) is 0 Å². The van der Waals surface area contributed by atoms with Gasteiger partial charge in [0.1, 0.15) is 0 Å². The van der Waals surface area contributed by atoms with Gasteiger partial charge in [0.25, 0.3) is 0 Å². The molecule has 0 spiro atoms. The molecule has 3 rings (SSSR count). The topological polar surface area (TPSA) is 32.3 Å². The first-order valence-corrected chi connectivity index (χ1v) is 8.20. The normalized spacial score (nSPS) is 18.3. The third-order valence-corrected chi connectivity index (χ3v) is 4.40. The first-order valence-electron chi connectivity index (χ1n) is 8.20. The highest BCUT2D eigenvalue weighted by Crippen LogP contribution is 2.35. The van der Waals surface area contributed by atoms with Crippen LogP contribution >= 0.6 is 0 Å². The Morgan fingerprint density at radius 1 is 1.08 bits per heavy atom. The first-order chi connectivity index (χ1) is 11.9. The Morgan fingerprint density at radius 3 is 2.48 bits per heavy atom. The molecule has 25 heavy (non-hydrogen) atoms. The summed E-state index contributed by atoms with van der Waals surface area (Å²) in [6, 6.07) is 15.0. The van der Waals surface area contributed by atoms with Crippen molar-refractivity contribution in [3.8, 4) is 0 Å². The zero-order chi connectivity index (χ0) is 17.9. The molecular formula is C19H19F3N2O. The van der Waals surface area contributed by atoms with Crippen molar-refractivity contribution in [2.24, 2.45) is 0 Å². The lowest BCUT2D eigenvalue weighted by molar-refractivity contribution is -0.137. The van der Waals surface area contributed by atoms with E-state index in [9.17, 15) is 18.0 Å². The van der Waals surface area contributed by atoms with Crippen LogP contribution in [0.1, 0.15) is 30.0 Å². The van der Waals surface area contributed by atoms with E-state index in [1.165, 1.54) is 18.2 Å². The molecule has 0 radical (unpaired) electrons. The van der Waals surface area contributed by atoms with Gasteiger partial charge in [-0.05, 0) is 37.1 Å². The van der Waals surface area contributed by atoms with Crippen molar-refractivity contribution < 1.29 is 18.0 Å². The third-order valence-electron chi connectivity index (χ3n) is 4.40. The monoisotopic (exact) mass is 348 g/mol. The maximum absolute atomic E-state index is 13.0. The van der Waals surface area contributed by atoms with E-state index in [-0.39, 0.29) is 18.3 Å². The number of nitrogens with zero attached hydrogens (tertiary/aromatic N) is 1. The zero-order valence-corrected chi connectivity index (χ0v) is 13.6. The van der Waals surface area contributed by atoms with Gasteiger partial charge in [-0.2, -0.15) is 13.2 Å². The van der Waals surface area contributed by atoms with Crippen LogP contribution in [-0.2, 0) is 11.0 Å². The van der Waals surface area contributed by atoms with E-state index >= 15 is 0 Å². The molecule has 1 N–H and O–H groups in total. The number of alkyl halides is 3. The lowest BCUT2D eigenvalue weighted by Gasteiger charge is -2.24. The number of hydrogen-bond donors (Lipinski definition) is 1. The Morgan fingerprint density at radius 2 is 1.76 bits per heavy atom. The van der Waals surface area contributed by atoms with Gasteiger partial charge in [0.2, 0.25) is 5.91 Å². The highest BCUT2D eigenvalue weighted by Gasteiger charge is 2.34. The number of amides is 1. The molecule has 1 unspecified atom stereocenters. The molecule has 1 heterocycles. The molecule has 0 bridgehead atoms. The van der Waals surface area contributed by atoms with Crippen molar-refractivity contribution in [2.75, 3.05) is 18.4 Å². The van der Waals surface area contributed by atoms with Gasteiger partial charge in [-0.25, -0.2) is 0 Å². The molecule has 1 amide bonds. The molecule has 1 aliphatic rings. The fraction of sp³-hybridized carbons (Fsp3) is 0.316. The van der Waals surface area contributed by atoms with E-state index in [4.69, 9.17) is 0 Å². The van der Waals surface area contributed by atoms with Crippen LogP contribution in [0.25, 0.3) is 0 Å². The second-order valence-corrected chi connectivity index (χ2v) is 6.13. The average molecular weight is 348 g/mol. The second kappa shape index (κ2) is 7.27. The lowest BCUT2D eigenvalue weighted by Crippen LogP contribution is -2.33. The quantitative estimate of drug-likeness (QED) is 0.883. The van der Waals surface area contributed by atoms with E-state index in [2.05, 4.69) is 5.32 Å². The number of benzene rings is 2.